The van der Waals surface area contributed by atoms with E-state index in [0.29, 0.717) is 23.6 Å². The molecule has 1 fully saturated rings. The van der Waals surface area contributed by atoms with Gasteiger partial charge in [-0.05, 0) is 25.1 Å². The largest absolute Gasteiger partial charge is 0.497 e. The topological polar surface area (TPSA) is 88.9 Å². The van der Waals surface area contributed by atoms with Crippen molar-refractivity contribution >= 4 is 29.2 Å². The predicted molar refractivity (Wildman–Crippen MR) is 106 cm³/mol. The zero-order chi connectivity index (χ0) is 21.0. The number of nitrogens with zero attached hydrogens (tertiary/aromatic N) is 2. The number of halogens is 1. The summed E-state index contributed by atoms with van der Waals surface area (Å²) in [6.07, 6.45) is 0.0217. The van der Waals surface area contributed by atoms with Crippen LogP contribution < -0.4 is 19.1 Å². The first-order chi connectivity index (χ1) is 14.0. The quantitative estimate of drug-likeness (QED) is 0.530. The summed E-state index contributed by atoms with van der Waals surface area (Å²) in [6.45, 7) is 2.25. The molecule has 150 valence electrons. The van der Waals surface area contributed by atoms with Crippen molar-refractivity contribution in [2.75, 3.05) is 25.2 Å². The fourth-order valence-corrected chi connectivity index (χ4v) is 3.32. The van der Waals surface area contributed by atoms with Crippen LogP contribution in [0.15, 0.2) is 36.4 Å². The second-order valence-corrected chi connectivity index (χ2v) is 6.77. The van der Waals surface area contributed by atoms with Gasteiger partial charge in [-0.15, -0.1) is 0 Å². The molecule has 1 heterocycles. The van der Waals surface area contributed by atoms with Crippen molar-refractivity contribution in [3.8, 4) is 23.3 Å². The van der Waals surface area contributed by atoms with E-state index in [-0.39, 0.29) is 35.4 Å². The Morgan fingerprint density at radius 3 is 2.83 bits per heavy atom. The van der Waals surface area contributed by atoms with E-state index >= 15 is 0 Å². The van der Waals surface area contributed by atoms with Gasteiger partial charge in [0.05, 0.1) is 36.3 Å². The molecule has 1 atom stereocenters. The van der Waals surface area contributed by atoms with Crippen LogP contribution in [0.4, 0.5) is 5.69 Å². The summed E-state index contributed by atoms with van der Waals surface area (Å²) in [5.41, 5.74) is 0.939. The molecular weight excluding hydrogens is 396 g/mol. The SMILES string of the molecule is CCOc1cc(C#N)cc(Cl)c1OC(=O)[C@@H]1CC(=O)N(c2cccc(OC)c2)C1. The Morgan fingerprint density at radius 2 is 2.14 bits per heavy atom. The minimum Gasteiger partial charge on any atom is -0.497 e. The van der Waals surface area contributed by atoms with Gasteiger partial charge in [-0.25, -0.2) is 0 Å². The van der Waals surface area contributed by atoms with Gasteiger partial charge in [0.2, 0.25) is 5.91 Å². The molecule has 29 heavy (non-hydrogen) atoms. The van der Waals surface area contributed by atoms with Crippen LogP contribution in [0.5, 0.6) is 17.2 Å². The maximum Gasteiger partial charge on any atom is 0.316 e. The van der Waals surface area contributed by atoms with Gasteiger partial charge in [-0.3, -0.25) is 9.59 Å². The molecule has 0 unspecified atom stereocenters. The highest BCUT2D eigenvalue weighted by Crippen LogP contribution is 2.38. The number of amides is 1. The second kappa shape index (κ2) is 8.84. The first-order valence-corrected chi connectivity index (χ1v) is 9.37. The number of carbonyl (C=O) groups excluding carboxylic acids is 2. The molecule has 1 saturated heterocycles. The van der Waals surface area contributed by atoms with Crippen molar-refractivity contribution in [3.05, 3.63) is 47.0 Å². The van der Waals surface area contributed by atoms with Gasteiger partial charge in [0, 0.05) is 30.8 Å². The van der Waals surface area contributed by atoms with Crippen molar-refractivity contribution in [1.29, 1.82) is 5.26 Å². The fraction of sp³-hybridized carbons (Fsp3) is 0.286. The molecule has 2 aromatic rings. The Morgan fingerprint density at radius 1 is 1.34 bits per heavy atom. The molecule has 1 aliphatic heterocycles. The van der Waals surface area contributed by atoms with Gasteiger partial charge in [-0.2, -0.15) is 5.26 Å². The Kier molecular flexibility index (Phi) is 6.25. The standard InChI is InChI=1S/C21H19ClN2O5/c1-3-28-18-8-13(11-23)7-17(22)20(18)29-21(26)14-9-19(25)24(12-14)15-5-4-6-16(10-15)27-2/h4-8,10,14H,3,9,12H2,1-2H3/t14-/m1/s1. The van der Waals surface area contributed by atoms with Crippen LogP contribution in [0.1, 0.15) is 18.9 Å². The maximum absolute atomic E-state index is 12.7. The first kappa shape index (κ1) is 20.5. The summed E-state index contributed by atoms with van der Waals surface area (Å²) in [4.78, 5) is 26.7. The highest BCUT2D eigenvalue weighted by molar-refractivity contribution is 6.32. The smallest absolute Gasteiger partial charge is 0.316 e. The minimum absolute atomic E-state index is 0.0217. The van der Waals surface area contributed by atoms with Crippen molar-refractivity contribution < 1.29 is 23.8 Å². The number of hydrogen-bond donors (Lipinski definition) is 0. The summed E-state index contributed by atoms with van der Waals surface area (Å²) < 4.78 is 16.1. The zero-order valence-electron chi connectivity index (χ0n) is 16.0. The number of methoxy groups -OCH3 is 1. The van der Waals surface area contributed by atoms with Crippen LogP contribution in [0.2, 0.25) is 5.02 Å². The lowest BCUT2D eigenvalue weighted by molar-refractivity contribution is -0.139. The lowest BCUT2D eigenvalue weighted by atomic mass is 10.1. The minimum atomic E-state index is -0.658. The third kappa shape index (κ3) is 4.44. The molecule has 0 aliphatic carbocycles. The van der Waals surface area contributed by atoms with E-state index in [1.165, 1.54) is 17.0 Å². The summed E-state index contributed by atoms with van der Waals surface area (Å²) in [6, 6.07) is 11.9. The molecule has 7 nitrogen and oxygen atoms in total. The van der Waals surface area contributed by atoms with E-state index in [9.17, 15) is 9.59 Å². The van der Waals surface area contributed by atoms with Crippen LogP contribution in [0.25, 0.3) is 0 Å². The van der Waals surface area contributed by atoms with Crippen LogP contribution in [-0.4, -0.2) is 32.1 Å². The normalized spacial score (nSPS) is 15.7. The van der Waals surface area contributed by atoms with E-state index in [2.05, 4.69) is 0 Å². The molecule has 0 radical (unpaired) electrons. The average Bonchev–Trinajstić information content (AvgIpc) is 3.12. The van der Waals surface area contributed by atoms with Crippen molar-refractivity contribution in [2.45, 2.75) is 13.3 Å². The molecule has 0 bridgehead atoms. The maximum atomic E-state index is 12.7. The summed E-state index contributed by atoms with van der Waals surface area (Å²) in [5.74, 6) is -0.557. The van der Waals surface area contributed by atoms with Crippen LogP contribution >= 0.6 is 11.6 Å². The van der Waals surface area contributed by atoms with Gasteiger partial charge in [0.1, 0.15) is 5.75 Å². The number of anilines is 1. The third-order valence-corrected chi connectivity index (χ3v) is 4.75. The zero-order valence-corrected chi connectivity index (χ0v) is 16.7. The number of ether oxygens (including phenoxy) is 3. The Balaban J connectivity index is 1.78. The number of esters is 1. The van der Waals surface area contributed by atoms with E-state index in [1.807, 2.05) is 6.07 Å². The molecule has 8 heteroatoms. The summed E-state index contributed by atoms with van der Waals surface area (Å²) in [5, 5.41) is 9.17. The number of benzene rings is 2. The van der Waals surface area contributed by atoms with Crippen molar-refractivity contribution in [2.24, 2.45) is 5.92 Å². The lowest BCUT2D eigenvalue weighted by Crippen LogP contribution is -2.27. The Bertz CT molecular complexity index is 986. The summed E-state index contributed by atoms with van der Waals surface area (Å²) in [7, 11) is 1.54. The van der Waals surface area contributed by atoms with Crippen molar-refractivity contribution in [1.82, 2.24) is 0 Å². The molecule has 2 aromatic carbocycles. The third-order valence-electron chi connectivity index (χ3n) is 4.46. The van der Waals surface area contributed by atoms with Crippen LogP contribution in [0.3, 0.4) is 0 Å². The molecule has 3 rings (SSSR count). The average molecular weight is 415 g/mol. The van der Waals surface area contributed by atoms with E-state index < -0.39 is 11.9 Å². The monoisotopic (exact) mass is 414 g/mol. The van der Waals surface area contributed by atoms with E-state index in [0.717, 1.165) is 0 Å². The first-order valence-electron chi connectivity index (χ1n) is 8.99. The van der Waals surface area contributed by atoms with E-state index in [4.69, 9.17) is 31.1 Å². The van der Waals surface area contributed by atoms with Crippen LogP contribution in [-0.2, 0) is 9.59 Å². The molecule has 0 spiro atoms. The van der Waals surface area contributed by atoms with Crippen LogP contribution in [0, 0.1) is 17.2 Å². The number of hydrogen-bond acceptors (Lipinski definition) is 6. The van der Waals surface area contributed by atoms with Gasteiger partial charge in [0.15, 0.2) is 11.5 Å². The molecule has 1 amide bonds. The van der Waals surface area contributed by atoms with Gasteiger partial charge < -0.3 is 19.1 Å². The summed E-state index contributed by atoms with van der Waals surface area (Å²) >= 11 is 6.19. The molecular formula is C21H19ClN2O5. The molecule has 1 aliphatic rings. The highest BCUT2D eigenvalue weighted by Gasteiger charge is 2.37. The molecule has 0 N–H and O–H groups in total. The van der Waals surface area contributed by atoms with Gasteiger partial charge in [0.25, 0.3) is 0 Å². The lowest BCUT2D eigenvalue weighted by Gasteiger charge is -2.18. The van der Waals surface area contributed by atoms with Gasteiger partial charge >= 0.3 is 5.97 Å². The second-order valence-electron chi connectivity index (χ2n) is 6.36. The van der Waals surface area contributed by atoms with Crippen molar-refractivity contribution in [3.63, 3.8) is 0 Å². The molecule has 0 aromatic heterocycles. The van der Waals surface area contributed by atoms with Gasteiger partial charge in [-0.1, -0.05) is 17.7 Å². The molecule has 0 saturated carbocycles. The predicted octanol–water partition coefficient (Wildman–Crippen LogP) is 3.58. The number of nitriles is 1. The number of carbonyl (C=O) groups is 2. The fourth-order valence-electron chi connectivity index (χ4n) is 3.07. The number of rotatable bonds is 6. The Hall–Kier alpha value is -3.24. The Labute approximate surface area is 173 Å². The van der Waals surface area contributed by atoms with E-state index in [1.54, 1.807) is 38.3 Å². The highest BCUT2D eigenvalue weighted by atomic mass is 35.5.